The Morgan fingerprint density at radius 3 is 3.05 bits per heavy atom. The number of nitrogens with zero attached hydrogens (tertiary/aromatic N) is 2. The summed E-state index contributed by atoms with van der Waals surface area (Å²) in [5, 5.41) is 6.87. The van der Waals surface area contributed by atoms with Crippen molar-refractivity contribution in [2.24, 2.45) is 7.05 Å². The molecule has 0 bridgehead atoms. The molecule has 1 amide bonds. The molecule has 0 saturated heterocycles. The van der Waals surface area contributed by atoms with E-state index in [0.29, 0.717) is 18.8 Å². The first-order valence-corrected chi connectivity index (χ1v) is 6.44. The van der Waals surface area contributed by atoms with Gasteiger partial charge in [-0.1, -0.05) is 18.2 Å². The predicted octanol–water partition coefficient (Wildman–Crippen LogP) is 0.622. The molecule has 6 nitrogen and oxygen atoms in total. The zero-order valence-electron chi connectivity index (χ0n) is 11.2. The molecule has 0 spiro atoms. The van der Waals surface area contributed by atoms with Crippen molar-refractivity contribution in [2.45, 2.75) is 19.1 Å². The van der Waals surface area contributed by atoms with Crippen LogP contribution in [0.3, 0.4) is 0 Å². The van der Waals surface area contributed by atoms with E-state index in [1.165, 1.54) is 0 Å². The molecule has 1 aliphatic rings. The summed E-state index contributed by atoms with van der Waals surface area (Å²) >= 11 is 0. The maximum absolute atomic E-state index is 12.1. The predicted molar refractivity (Wildman–Crippen MR) is 74.0 cm³/mol. The van der Waals surface area contributed by atoms with Crippen LogP contribution in [0.4, 0.5) is 5.82 Å². The molecule has 104 valence electrons. The third kappa shape index (κ3) is 2.20. The Morgan fingerprint density at radius 1 is 1.55 bits per heavy atom. The van der Waals surface area contributed by atoms with E-state index >= 15 is 0 Å². The van der Waals surface area contributed by atoms with E-state index in [-0.39, 0.29) is 5.91 Å². The highest BCUT2D eigenvalue weighted by atomic mass is 16.5. The molecule has 0 radical (unpaired) electrons. The highest BCUT2D eigenvalue weighted by Crippen LogP contribution is 2.28. The third-order valence-electron chi connectivity index (χ3n) is 3.46. The van der Waals surface area contributed by atoms with Gasteiger partial charge in [0.1, 0.15) is 11.6 Å². The van der Waals surface area contributed by atoms with Crippen LogP contribution in [-0.2, 0) is 24.8 Å². The zero-order chi connectivity index (χ0) is 14.1. The molecule has 0 saturated carbocycles. The van der Waals surface area contributed by atoms with Gasteiger partial charge in [-0.3, -0.25) is 9.48 Å². The Bertz CT molecular complexity index is 625. The topological polar surface area (TPSA) is 82.2 Å². The quantitative estimate of drug-likeness (QED) is 0.858. The smallest absolute Gasteiger partial charge is 0.261 e. The molecule has 1 aromatic carbocycles. The van der Waals surface area contributed by atoms with Crippen LogP contribution in [0.5, 0.6) is 5.75 Å². The molecule has 0 fully saturated rings. The highest BCUT2D eigenvalue weighted by Gasteiger charge is 2.28. The van der Waals surface area contributed by atoms with Gasteiger partial charge in [0.25, 0.3) is 5.91 Å². The molecular formula is C14H16N4O2. The van der Waals surface area contributed by atoms with Gasteiger partial charge in [-0.25, -0.2) is 0 Å². The molecular weight excluding hydrogens is 256 g/mol. The first kappa shape index (κ1) is 12.5. The number of carbonyl (C=O) groups excluding carboxylic acids is 1. The third-order valence-corrected chi connectivity index (χ3v) is 3.46. The molecule has 1 atom stereocenters. The van der Waals surface area contributed by atoms with Gasteiger partial charge in [0.05, 0.1) is 6.20 Å². The van der Waals surface area contributed by atoms with Crippen molar-refractivity contribution >= 4 is 11.7 Å². The monoisotopic (exact) mass is 272 g/mol. The minimum atomic E-state index is -0.467. The summed E-state index contributed by atoms with van der Waals surface area (Å²) in [5.74, 6) is 1.21. The van der Waals surface area contributed by atoms with Crippen molar-refractivity contribution in [1.29, 1.82) is 0 Å². The lowest BCUT2D eigenvalue weighted by Crippen LogP contribution is -2.37. The summed E-state index contributed by atoms with van der Waals surface area (Å²) in [6.45, 7) is 0.356. The Kier molecular flexibility index (Phi) is 3.06. The average molecular weight is 272 g/mol. The van der Waals surface area contributed by atoms with Gasteiger partial charge >= 0.3 is 0 Å². The number of para-hydroxylation sites is 1. The van der Waals surface area contributed by atoms with Crippen LogP contribution in [0, 0.1) is 0 Å². The number of rotatable bonds is 3. The van der Waals surface area contributed by atoms with Crippen LogP contribution in [0.1, 0.15) is 11.1 Å². The van der Waals surface area contributed by atoms with Crippen LogP contribution >= 0.6 is 0 Å². The summed E-state index contributed by atoms with van der Waals surface area (Å²) in [5.41, 5.74) is 7.69. The fraction of sp³-hybridized carbons (Fsp3) is 0.286. The normalized spacial score (nSPS) is 16.6. The maximum atomic E-state index is 12.1. The van der Waals surface area contributed by atoms with Gasteiger partial charge in [0.2, 0.25) is 0 Å². The molecule has 1 aromatic heterocycles. The van der Waals surface area contributed by atoms with E-state index in [1.54, 1.807) is 17.9 Å². The van der Waals surface area contributed by atoms with Crippen molar-refractivity contribution in [1.82, 2.24) is 15.1 Å². The number of nitrogens with two attached hydrogens (primary N) is 1. The summed E-state index contributed by atoms with van der Waals surface area (Å²) in [4.78, 5) is 12.1. The molecule has 6 heteroatoms. The van der Waals surface area contributed by atoms with Gasteiger partial charge in [0, 0.05) is 25.6 Å². The number of carbonyl (C=O) groups is 1. The number of amides is 1. The lowest BCUT2D eigenvalue weighted by atomic mass is 10.1. The summed E-state index contributed by atoms with van der Waals surface area (Å²) in [7, 11) is 1.76. The van der Waals surface area contributed by atoms with Crippen LogP contribution in [0.25, 0.3) is 0 Å². The molecule has 1 unspecified atom stereocenters. The lowest BCUT2D eigenvalue weighted by molar-refractivity contribution is -0.127. The standard InChI is InChI=1S/C14H16N4O2/c1-18-13(15)10(8-17-18)7-16-14(19)12-6-9-4-2-3-5-11(9)20-12/h2-5,8,12H,6-7,15H2,1H3,(H,16,19). The molecule has 2 heterocycles. The van der Waals surface area contributed by atoms with E-state index in [4.69, 9.17) is 10.5 Å². The van der Waals surface area contributed by atoms with Crippen molar-refractivity contribution in [2.75, 3.05) is 5.73 Å². The second kappa shape index (κ2) is 4.88. The Balaban J connectivity index is 1.60. The SMILES string of the molecule is Cn1ncc(CNC(=O)C2Cc3ccccc3O2)c1N. The number of anilines is 1. The summed E-state index contributed by atoms with van der Waals surface area (Å²) in [6, 6.07) is 7.69. The molecule has 2 aromatic rings. The highest BCUT2D eigenvalue weighted by molar-refractivity contribution is 5.82. The van der Waals surface area contributed by atoms with Crippen molar-refractivity contribution < 1.29 is 9.53 Å². The number of benzene rings is 1. The Labute approximate surface area is 116 Å². The second-order valence-corrected chi connectivity index (χ2v) is 4.81. The average Bonchev–Trinajstić information content (AvgIpc) is 3.02. The number of nitrogen functional groups attached to an aromatic ring is 1. The second-order valence-electron chi connectivity index (χ2n) is 4.81. The zero-order valence-corrected chi connectivity index (χ0v) is 11.2. The van der Waals surface area contributed by atoms with Crippen LogP contribution in [0.2, 0.25) is 0 Å². The minimum absolute atomic E-state index is 0.135. The molecule has 3 N–H and O–H groups in total. The van der Waals surface area contributed by atoms with Crippen LogP contribution < -0.4 is 15.8 Å². The maximum Gasteiger partial charge on any atom is 0.261 e. The lowest BCUT2D eigenvalue weighted by Gasteiger charge is -2.11. The molecule has 0 aliphatic carbocycles. The first-order valence-electron chi connectivity index (χ1n) is 6.44. The number of hydrogen-bond donors (Lipinski definition) is 2. The number of hydrogen-bond acceptors (Lipinski definition) is 4. The summed E-state index contributed by atoms with van der Waals surface area (Å²) < 4.78 is 7.20. The van der Waals surface area contributed by atoms with Gasteiger partial charge in [-0.2, -0.15) is 5.10 Å². The van der Waals surface area contributed by atoms with Crippen molar-refractivity contribution in [3.63, 3.8) is 0 Å². The number of aromatic nitrogens is 2. The molecule has 20 heavy (non-hydrogen) atoms. The van der Waals surface area contributed by atoms with E-state index in [0.717, 1.165) is 16.9 Å². The van der Waals surface area contributed by atoms with E-state index in [1.807, 2.05) is 24.3 Å². The fourth-order valence-electron chi connectivity index (χ4n) is 2.25. The first-order chi connectivity index (χ1) is 9.65. The van der Waals surface area contributed by atoms with E-state index < -0.39 is 6.10 Å². The van der Waals surface area contributed by atoms with E-state index in [9.17, 15) is 4.79 Å². The van der Waals surface area contributed by atoms with Crippen molar-refractivity contribution in [3.05, 3.63) is 41.6 Å². The van der Waals surface area contributed by atoms with Crippen molar-refractivity contribution in [3.8, 4) is 5.75 Å². The Hall–Kier alpha value is -2.50. The van der Waals surface area contributed by atoms with E-state index in [2.05, 4.69) is 10.4 Å². The van der Waals surface area contributed by atoms with Crippen LogP contribution in [-0.4, -0.2) is 21.8 Å². The summed E-state index contributed by atoms with van der Waals surface area (Å²) in [6.07, 6.45) is 1.79. The van der Waals surface area contributed by atoms with Gasteiger partial charge in [-0.15, -0.1) is 0 Å². The minimum Gasteiger partial charge on any atom is -0.480 e. The number of nitrogens with one attached hydrogen (secondary N) is 1. The fourth-order valence-corrected chi connectivity index (χ4v) is 2.25. The molecule has 1 aliphatic heterocycles. The van der Waals surface area contributed by atoms with Gasteiger partial charge < -0.3 is 15.8 Å². The molecule has 3 rings (SSSR count). The number of ether oxygens (including phenoxy) is 1. The number of aryl methyl sites for hydroxylation is 1. The Morgan fingerprint density at radius 2 is 2.35 bits per heavy atom. The van der Waals surface area contributed by atoms with Crippen LogP contribution in [0.15, 0.2) is 30.5 Å². The van der Waals surface area contributed by atoms with Gasteiger partial charge in [-0.05, 0) is 11.6 Å². The number of fused-ring (bicyclic) bond motifs is 1. The largest absolute Gasteiger partial charge is 0.480 e. The van der Waals surface area contributed by atoms with Gasteiger partial charge in [0.15, 0.2) is 6.10 Å².